The Kier molecular flexibility index (Phi) is 15.3. The van der Waals surface area contributed by atoms with Gasteiger partial charge in [-0.1, -0.05) is 272 Å². The Morgan fingerprint density at radius 1 is 0.246 bits per heavy atom. The molecule has 0 amide bonds. The second-order valence-corrected chi connectivity index (χ2v) is 41.0. The monoisotopic (exact) mass is 1480 g/mol. The lowest BCUT2D eigenvalue weighted by molar-refractivity contribution is 0.402. The summed E-state index contributed by atoms with van der Waals surface area (Å²) in [5.74, 6) is 0. The highest BCUT2D eigenvalue weighted by Gasteiger charge is 2.47. The number of para-hydroxylation sites is 2. The number of anilines is 6. The molecule has 0 atom stereocenters. The Morgan fingerprint density at radius 3 is 0.877 bits per heavy atom. The number of benzene rings is 13. The normalized spacial score (nSPS) is 16.1. The molecule has 0 N–H and O–H groups in total. The molecule has 0 saturated carbocycles. The zero-order chi connectivity index (χ0) is 79.4. The minimum absolute atomic E-state index is 0.0476. The van der Waals surface area contributed by atoms with E-state index >= 15 is 0 Å². The number of aromatic nitrogens is 3. The molecule has 16 aromatic rings. The third kappa shape index (κ3) is 11.0. The first kappa shape index (κ1) is 71.9. The predicted molar refractivity (Wildman–Crippen MR) is 490 cm³/mol. The number of hydrogen-bond acceptors (Lipinski definition) is 2. The first-order valence-corrected chi connectivity index (χ1v) is 41.7. The molecule has 114 heavy (non-hydrogen) atoms. The van der Waals surface area contributed by atoms with Gasteiger partial charge in [0.15, 0.2) is 0 Å². The van der Waals surface area contributed by atoms with Crippen LogP contribution in [0.1, 0.15) is 196 Å². The van der Waals surface area contributed by atoms with E-state index in [1.54, 1.807) is 0 Å². The van der Waals surface area contributed by atoms with Gasteiger partial charge in [-0.25, -0.2) is 0 Å². The number of rotatable bonds is 7. The van der Waals surface area contributed by atoms with Crippen molar-refractivity contribution in [1.82, 2.24) is 13.7 Å². The van der Waals surface area contributed by atoms with Gasteiger partial charge in [0, 0.05) is 77.8 Å². The largest absolute Gasteiger partial charge is 0.311 e. The van der Waals surface area contributed by atoms with Crippen molar-refractivity contribution in [2.45, 2.75) is 195 Å². The predicted octanol–water partition coefficient (Wildman–Crippen LogP) is 27.5. The van der Waals surface area contributed by atoms with Crippen LogP contribution in [0.15, 0.2) is 255 Å². The van der Waals surface area contributed by atoms with E-state index in [-0.39, 0.29) is 50.0 Å². The fourth-order valence-electron chi connectivity index (χ4n) is 21.5. The molecule has 4 aliphatic rings. The van der Waals surface area contributed by atoms with Gasteiger partial charge in [-0.2, -0.15) is 0 Å². The minimum atomic E-state index is -0.205. The summed E-state index contributed by atoms with van der Waals surface area (Å²) in [5, 5.41) is 7.55. The Morgan fingerprint density at radius 2 is 0.535 bits per heavy atom. The Hall–Kier alpha value is -11.1. The van der Waals surface area contributed by atoms with Crippen LogP contribution in [0.2, 0.25) is 0 Å². The van der Waals surface area contributed by atoms with Crippen molar-refractivity contribution in [3.8, 4) is 39.3 Å². The standard InChI is InChI=1S/C108H106BN5/c1-101(2,3)69-35-49-92-80(55-69)81-56-70(102(4,5)6)36-50-93(81)112(92)75-43-47-88-96(59-75)110(73-39-29-65(30-40-73)67-33-45-84-86(53-67)107(17,18)63-105(84,13)14)98-61-77(114-90-27-23-21-25-78(90)79-26-22-24-28-91(79)114)62-99-100(98)109(88)89-48-44-76(113-94-51-37-71(103(7,8)9)57-82(94)83-58-72(104(10,11)12)38-52-95(83)113)60-97(89)111(99)74-41-31-66(32-42-74)68-34-46-85-87(54-68)108(19,20)64-106(85,15)16/h21-62H,63-64H2,1-20H3. The van der Waals surface area contributed by atoms with Crippen LogP contribution < -0.4 is 26.2 Å². The number of hydrogen-bond donors (Lipinski definition) is 0. The zero-order valence-corrected chi connectivity index (χ0v) is 70.5. The summed E-state index contributed by atoms with van der Waals surface area (Å²) < 4.78 is 7.68. The highest BCUT2D eigenvalue weighted by molar-refractivity contribution is 7.00. The van der Waals surface area contributed by atoms with Crippen LogP contribution in [-0.2, 0) is 43.3 Å². The van der Waals surface area contributed by atoms with Crippen molar-refractivity contribution in [3.05, 3.63) is 299 Å². The van der Waals surface area contributed by atoms with Crippen LogP contribution >= 0.6 is 0 Å². The van der Waals surface area contributed by atoms with Crippen LogP contribution in [0.5, 0.6) is 0 Å². The molecule has 5 heterocycles. The molecule has 5 nitrogen and oxygen atoms in total. The molecule has 0 saturated heterocycles. The Balaban J connectivity index is 0.886. The molecule has 0 bridgehead atoms. The fraction of sp³-hybridized carbons (Fsp3) is 0.278. The summed E-state index contributed by atoms with van der Waals surface area (Å²) >= 11 is 0. The van der Waals surface area contributed by atoms with Gasteiger partial charge in [-0.3, -0.25) is 0 Å². The second kappa shape index (κ2) is 24.2. The molecular formula is C108H106BN5. The first-order valence-electron chi connectivity index (χ1n) is 41.7. The summed E-state index contributed by atoms with van der Waals surface area (Å²) in [6.07, 6.45) is 2.24. The highest BCUT2D eigenvalue weighted by Crippen LogP contribution is 2.55. The van der Waals surface area contributed by atoms with E-state index < -0.39 is 0 Å². The Bertz CT molecular complexity index is 6220. The van der Waals surface area contributed by atoms with Crippen molar-refractivity contribution in [2.75, 3.05) is 9.80 Å². The van der Waals surface area contributed by atoms with Gasteiger partial charge in [-0.15, -0.1) is 0 Å². The van der Waals surface area contributed by atoms with Crippen molar-refractivity contribution in [1.29, 1.82) is 0 Å². The SMILES string of the molecule is CC(C)(C)c1ccc2c(c1)c1cc(C(C)(C)C)ccc1n2-c1ccc2c(c1)N(c1ccc(-c3ccc4c(c3)C(C)(C)CC4(C)C)cc1)c1cc(-n3c4ccccc4c4ccccc43)cc3c1B2c1ccc(-n2c4ccc(C(C)(C)C)cc4c4cc(C(C)(C)C)ccc42)cc1N3c1ccc(-c2ccc3c(c2)C(C)(C)CC3(C)C)cc1. The van der Waals surface area contributed by atoms with Crippen molar-refractivity contribution >= 4 is 123 Å². The molecule has 566 valence electrons. The maximum atomic E-state index is 2.65. The van der Waals surface area contributed by atoms with Crippen LogP contribution in [0, 0.1) is 0 Å². The maximum absolute atomic E-state index is 2.65. The van der Waals surface area contributed by atoms with Gasteiger partial charge in [-0.05, 0) is 261 Å². The molecule has 2 aliphatic carbocycles. The minimum Gasteiger partial charge on any atom is -0.311 e. The van der Waals surface area contributed by atoms with Crippen molar-refractivity contribution in [2.24, 2.45) is 0 Å². The summed E-state index contributed by atoms with van der Waals surface area (Å²) in [5.41, 5.74) is 37.2. The average Bonchev–Trinajstić information content (AvgIpc) is 0.702. The topological polar surface area (TPSA) is 21.3 Å². The summed E-state index contributed by atoms with van der Waals surface area (Å²) in [6, 6.07) is 101. The molecule has 13 aromatic carbocycles. The third-order valence-corrected chi connectivity index (χ3v) is 27.0. The van der Waals surface area contributed by atoms with E-state index in [4.69, 9.17) is 0 Å². The maximum Gasteiger partial charge on any atom is 0.252 e. The van der Waals surface area contributed by atoms with E-state index in [0.29, 0.717) is 0 Å². The van der Waals surface area contributed by atoms with Gasteiger partial charge in [0.1, 0.15) is 0 Å². The van der Waals surface area contributed by atoms with Crippen LogP contribution in [0.25, 0.3) is 105 Å². The third-order valence-electron chi connectivity index (χ3n) is 27.0. The first-order chi connectivity index (χ1) is 54.0. The summed E-state index contributed by atoms with van der Waals surface area (Å²) in [7, 11) is 0. The fourth-order valence-corrected chi connectivity index (χ4v) is 21.5. The highest BCUT2D eigenvalue weighted by atomic mass is 15.2. The van der Waals surface area contributed by atoms with Crippen LogP contribution in [0.3, 0.4) is 0 Å². The lowest BCUT2D eigenvalue weighted by Gasteiger charge is -2.44. The number of nitrogens with zero attached hydrogens (tertiary/aromatic N) is 5. The molecule has 0 radical (unpaired) electrons. The van der Waals surface area contributed by atoms with Gasteiger partial charge in [0.05, 0.1) is 38.8 Å². The molecule has 20 rings (SSSR count). The van der Waals surface area contributed by atoms with E-state index in [1.807, 2.05) is 0 Å². The van der Waals surface area contributed by atoms with Crippen molar-refractivity contribution < 1.29 is 0 Å². The van der Waals surface area contributed by atoms with Crippen LogP contribution in [-0.4, -0.2) is 20.4 Å². The van der Waals surface area contributed by atoms with Gasteiger partial charge in [0.25, 0.3) is 6.71 Å². The zero-order valence-electron chi connectivity index (χ0n) is 70.5. The Labute approximate surface area is 675 Å². The van der Waals surface area contributed by atoms with E-state index in [1.165, 1.54) is 149 Å². The molecule has 0 unspecified atom stereocenters. The van der Waals surface area contributed by atoms with Crippen LogP contribution in [0.4, 0.5) is 34.1 Å². The quantitative estimate of drug-likeness (QED) is 0.148. The molecule has 3 aromatic heterocycles. The average molecular weight is 1480 g/mol. The number of fused-ring (bicyclic) bond motifs is 15. The lowest BCUT2D eigenvalue weighted by atomic mass is 9.33. The van der Waals surface area contributed by atoms with Gasteiger partial charge in [0.2, 0.25) is 0 Å². The summed E-state index contributed by atoms with van der Waals surface area (Å²) in [4.78, 5) is 5.31. The molecule has 6 heteroatoms. The van der Waals surface area contributed by atoms with Crippen molar-refractivity contribution in [3.63, 3.8) is 0 Å². The van der Waals surface area contributed by atoms with E-state index in [0.717, 1.165) is 64.0 Å². The van der Waals surface area contributed by atoms with Gasteiger partial charge >= 0.3 is 0 Å². The second-order valence-electron chi connectivity index (χ2n) is 41.0. The smallest absolute Gasteiger partial charge is 0.252 e. The summed E-state index contributed by atoms with van der Waals surface area (Å²) in [6.45, 7) is 47.3. The molecule has 2 aliphatic heterocycles. The van der Waals surface area contributed by atoms with Gasteiger partial charge < -0.3 is 23.5 Å². The lowest BCUT2D eigenvalue weighted by Crippen LogP contribution is -2.61. The molecule has 0 spiro atoms. The molecular weight excluding hydrogens is 1380 g/mol. The van der Waals surface area contributed by atoms with E-state index in [2.05, 4.69) is 417 Å². The molecule has 0 fully saturated rings. The van der Waals surface area contributed by atoms with E-state index in [9.17, 15) is 0 Å².